The van der Waals surface area contributed by atoms with E-state index in [1.165, 1.54) is 15.7 Å². The molecule has 0 saturated carbocycles. The van der Waals surface area contributed by atoms with Crippen LogP contribution in [0.25, 0.3) is 0 Å². The summed E-state index contributed by atoms with van der Waals surface area (Å²) in [6.45, 7) is 4.44. The topological polar surface area (TPSA) is 77.9 Å². The molecule has 1 saturated heterocycles. The Hall–Kier alpha value is -0.660. The predicted molar refractivity (Wildman–Crippen MR) is 68.4 cm³/mol. The number of carbonyl (C=O) groups is 1. The summed E-state index contributed by atoms with van der Waals surface area (Å²) in [5.74, 6) is -1.52. The molecule has 1 heterocycles. The average Bonchev–Trinajstić information content (AvgIpc) is 2.28. The van der Waals surface area contributed by atoms with Gasteiger partial charge in [-0.05, 0) is 26.2 Å². The van der Waals surface area contributed by atoms with E-state index in [4.69, 9.17) is 5.11 Å². The second-order valence-corrected chi connectivity index (χ2v) is 6.76. The van der Waals surface area contributed by atoms with Crippen LogP contribution in [0.5, 0.6) is 0 Å². The van der Waals surface area contributed by atoms with Gasteiger partial charge in [-0.25, -0.2) is 0 Å². The molecule has 2 atom stereocenters. The second-order valence-electron chi connectivity index (χ2n) is 4.77. The van der Waals surface area contributed by atoms with Gasteiger partial charge in [-0.2, -0.15) is 17.0 Å². The van der Waals surface area contributed by atoms with Gasteiger partial charge in [0.25, 0.3) is 10.2 Å². The average molecular weight is 278 g/mol. The fourth-order valence-electron chi connectivity index (χ4n) is 2.38. The van der Waals surface area contributed by atoms with Crippen molar-refractivity contribution in [2.24, 2.45) is 5.92 Å². The van der Waals surface area contributed by atoms with E-state index in [0.717, 1.165) is 6.42 Å². The van der Waals surface area contributed by atoms with Gasteiger partial charge in [0.2, 0.25) is 0 Å². The van der Waals surface area contributed by atoms with Crippen LogP contribution >= 0.6 is 0 Å². The smallest absolute Gasteiger partial charge is 0.308 e. The van der Waals surface area contributed by atoms with Crippen molar-refractivity contribution in [1.82, 2.24) is 8.61 Å². The maximum absolute atomic E-state index is 12.3. The summed E-state index contributed by atoms with van der Waals surface area (Å²) in [4.78, 5) is 11.1. The lowest BCUT2D eigenvalue weighted by Gasteiger charge is -2.38. The Morgan fingerprint density at radius 3 is 2.61 bits per heavy atom. The highest BCUT2D eigenvalue weighted by atomic mass is 32.2. The molecule has 0 aromatic heterocycles. The lowest BCUT2D eigenvalue weighted by Crippen LogP contribution is -2.53. The molecule has 1 rings (SSSR count). The number of hydrogen-bond donors (Lipinski definition) is 1. The van der Waals surface area contributed by atoms with Gasteiger partial charge < -0.3 is 5.11 Å². The van der Waals surface area contributed by atoms with E-state index < -0.39 is 28.1 Å². The normalized spacial score (nSPS) is 26.4. The summed E-state index contributed by atoms with van der Waals surface area (Å²) in [6.07, 6.45) is 1.88. The predicted octanol–water partition coefficient (Wildman–Crippen LogP) is 0.758. The summed E-state index contributed by atoms with van der Waals surface area (Å²) in [5, 5.41) is 9.10. The monoisotopic (exact) mass is 278 g/mol. The Kier molecular flexibility index (Phi) is 5.12. The molecule has 0 aliphatic carbocycles. The largest absolute Gasteiger partial charge is 0.481 e. The maximum atomic E-state index is 12.3. The first-order chi connectivity index (χ1) is 8.32. The van der Waals surface area contributed by atoms with Gasteiger partial charge in [0.05, 0.1) is 5.92 Å². The molecule has 0 unspecified atom stereocenters. The van der Waals surface area contributed by atoms with Crippen LogP contribution in [0, 0.1) is 5.92 Å². The van der Waals surface area contributed by atoms with Crippen LogP contribution < -0.4 is 0 Å². The molecule has 1 fully saturated rings. The summed E-state index contributed by atoms with van der Waals surface area (Å²) < 4.78 is 27.2. The third-order valence-electron chi connectivity index (χ3n) is 3.48. The number of piperidine rings is 1. The van der Waals surface area contributed by atoms with Gasteiger partial charge in [0, 0.05) is 26.2 Å². The highest BCUT2D eigenvalue weighted by Gasteiger charge is 2.40. The van der Waals surface area contributed by atoms with Crippen molar-refractivity contribution < 1.29 is 18.3 Å². The molecule has 0 aromatic rings. The number of hydrogen-bond acceptors (Lipinski definition) is 3. The second kappa shape index (κ2) is 5.99. The van der Waals surface area contributed by atoms with Crippen molar-refractivity contribution in [1.29, 1.82) is 0 Å². The first-order valence-electron chi connectivity index (χ1n) is 6.28. The number of carboxylic acids is 1. The number of nitrogens with zero attached hydrogens (tertiary/aromatic N) is 2. The van der Waals surface area contributed by atoms with Crippen molar-refractivity contribution in [3.8, 4) is 0 Å². The molecule has 0 amide bonds. The summed E-state index contributed by atoms with van der Waals surface area (Å²) in [5.41, 5.74) is 0. The molecule has 0 spiro atoms. The molecule has 0 bridgehead atoms. The van der Waals surface area contributed by atoms with Crippen LogP contribution in [-0.2, 0) is 15.0 Å². The fourth-order valence-corrected chi connectivity index (χ4v) is 4.08. The van der Waals surface area contributed by atoms with Crippen LogP contribution in [0.1, 0.15) is 33.1 Å². The molecular weight excluding hydrogens is 256 g/mol. The molecule has 6 nitrogen and oxygen atoms in total. The highest BCUT2D eigenvalue weighted by molar-refractivity contribution is 7.86. The van der Waals surface area contributed by atoms with Gasteiger partial charge >= 0.3 is 5.97 Å². The van der Waals surface area contributed by atoms with Crippen molar-refractivity contribution in [2.75, 3.05) is 20.1 Å². The molecule has 18 heavy (non-hydrogen) atoms. The Balaban J connectivity index is 2.91. The third kappa shape index (κ3) is 3.02. The molecule has 1 N–H and O–H groups in total. The van der Waals surface area contributed by atoms with Crippen LogP contribution in [0.3, 0.4) is 0 Å². The lowest BCUT2D eigenvalue weighted by molar-refractivity contribution is -0.144. The summed E-state index contributed by atoms with van der Waals surface area (Å²) in [6, 6.07) is -0.486. The molecule has 106 valence electrons. The number of rotatable bonds is 5. The molecule has 0 aromatic carbocycles. The number of carboxylic acid groups (broad SMARTS) is 1. The van der Waals surface area contributed by atoms with Crippen molar-refractivity contribution in [3.05, 3.63) is 0 Å². The SMILES string of the molecule is CCCN(C)S(=O)(=O)N1CCC[C@H](C(=O)O)[C@@H]1C. The quantitative estimate of drug-likeness (QED) is 0.805. The highest BCUT2D eigenvalue weighted by Crippen LogP contribution is 2.27. The van der Waals surface area contributed by atoms with Crippen molar-refractivity contribution in [3.63, 3.8) is 0 Å². The van der Waals surface area contributed by atoms with Crippen LogP contribution in [-0.4, -0.2) is 54.3 Å². The minimum atomic E-state index is -3.54. The Labute approximate surface area is 109 Å². The molecule has 1 aliphatic rings. The van der Waals surface area contributed by atoms with Crippen LogP contribution in [0.15, 0.2) is 0 Å². The molecule has 7 heteroatoms. The van der Waals surface area contributed by atoms with Crippen molar-refractivity contribution in [2.45, 2.75) is 39.2 Å². The minimum Gasteiger partial charge on any atom is -0.481 e. The summed E-state index contributed by atoms with van der Waals surface area (Å²) >= 11 is 0. The van der Waals surface area contributed by atoms with Crippen LogP contribution in [0.4, 0.5) is 0 Å². The van der Waals surface area contributed by atoms with Gasteiger partial charge in [0.15, 0.2) is 0 Å². The van der Waals surface area contributed by atoms with Gasteiger partial charge in [-0.1, -0.05) is 6.92 Å². The third-order valence-corrected chi connectivity index (χ3v) is 5.55. The van der Waals surface area contributed by atoms with Gasteiger partial charge in [-0.3, -0.25) is 4.79 Å². The first kappa shape index (κ1) is 15.4. The van der Waals surface area contributed by atoms with Gasteiger partial charge in [0.1, 0.15) is 0 Å². The zero-order valence-corrected chi connectivity index (χ0v) is 12.0. The zero-order valence-electron chi connectivity index (χ0n) is 11.2. The van der Waals surface area contributed by atoms with E-state index in [2.05, 4.69) is 0 Å². The minimum absolute atomic E-state index is 0.404. The Morgan fingerprint density at radius 1 is 1.50 bits per heavy atom. The van der Waals surface area contributed by atoms with E-state index in [-0.39, 0.29) is 0 Å². The van der Waals surface area contributed by atoms with E-state index in [0.29, 0.717) is 25.9 Å². The maximum Gasteiger partial charge on any atom is 0.308 e. The molecular formula is C11H22N2O4S. The van der Waals surface area contributed by atoms with Crippen LogP contribution in [0.2, 0.25) is 0 Å². The molecule has 0 radical (unpaired) electrons. The first-order valence-corrected chi connectivity index (χ1v) is 7.68. The van der Waals surface area contributed by atoms with E-state index in [9.17, 15) is 13.2 Å². The zero-order chi connectivity index (χ0) is 13.9. The van der Waals surface area contributed by atoms with E-state index >= 15 is 0 Å². The van der Waals surface area contributed by atoms with E-state index in [1.807, 2.05) is 6.92 Å². The van der Waals surface area contributed by atoms with Crippen molar-refractivity contribution >= 4 is 16.2 Å². The van der Waals surface area contributed by atoms with Gasteiger partial charge in [-0.15, -0.1) is 0 Å². The molecule has 1 aliphatic heterocycles. The lowest BCUT2D eigenvalue weighted by atomic mass is 9.92. The fraction of sp³-hybridized carbons (Fsp3) is 0.909. The summed E-state index contributed by atoms with van der Waals surface area (Å²) in [7, 11) is -2.00. The van der Waals surface area contributed by atoms with E-state index in [1.54, 1.807) is 6.92 Å². The Morgan fingerprint density at radius 2 is 2.11 bits per heavy atom. The Bertz CT molecular complexity index is 396. The standard InChI is InChI=1S/C11H22N2O4S/c1-4-7-12(3)18(16,17)13-8-5-6-10(9(13)2)11(14)15/h9-10H,4-8H2,1-3H3,(H,14,15)/t9-,10-/m0/s1. The number of aliphatic carboxylic acids is 1.